The first kappa shape index (κ1) is 17.8. The molecule has 0 heterocycles. The standard InChI is InChI=1S/C6H13.2C4H9.C2H5.Sn/c1-3-5-6-4-2;2*1-3-4-2;1-2;/h5H,3-4,6H2,1-2H3;2*1,3-4H2,2H3;1H2,2H3;. The van der Waals surface area contributed by atoms with E-state index in [0.29, 0.717) is 0 Å². The molecule has 1 unspecified atom stereocenters. The molecule has 104 valence electrons. The molecule has 0 saturated heterocycles. The summed E-state index contributed by atoms with van der Waals surface area (Å²) >= 11 is -1.79. The Morgan fingerprint density at radius 3 is 1.59 bits per heavy atom. The summed E-state index contributed by atoms with van der Waals surface area (Å²) in [5.74, 6) is 0. The molecule has 0 nitrogen and oxygen atoms in total. The van der Waals surface area contributed by atoms with E-state index in [-0.39, 0.29) is 0 Å². The average Bonchev–Trinajstić information content (AvgIpc) is 2.37. The van der Waals surface area contributed by atoms with Gasteiger partial charge in [0.2, 0.25) is 0 Å². The van der Waals surface area contributed by atoms with Crippen LogP contribution in [0.1, 0.15) is 79.6 Å². The first-order valence-corrected chi connectivity index (χ1v) is 15.9. The van der Waals surface area contributed by atoms with Gasteiger partial charge in [-0.25, -0.2) is 0 Å². The monoisotopic (exact) mass is 348 g/mol. The molecule has 17 heavy (non-hydrogen) atoms. The van der Waals surface area contributed by atoms with Crippen LogP contribution in [0.4, 0.5) is 0 Å². The molecule has 0 amide bonds. The van der Waals surface area contributed by atoms with Gasteiger partial charge in [0, 0.05) is 0 Å². The van der Waals surface area contributed by atoms with Crippen LogP contribution in [0.15, 0.2) is 0 Å². The number of hydrogen-bond acceptors (Lipinski definition) is 0. The molecular formula is C16H36Sn. The third kappa shape index (κ3) is 5.98. The van der Waals surface area contributed by atoms with Gasteiger partial charge in [0.1, 0.15) is 0 Å². The molecule has 0 aromatic rings. The second-order valence-corrected chi connectivity index (χ2v) is 20.8. The van der Waals surface area contributed by atoms with Crippen molar-refractivity contribution in [3.05, 3.63) is 0 Å². The van der Waals surface area contributed by atoms with Gasteiger partial charge < -0.3 is 0 Å². The SMILES string of the molecule is CCC[CH2][Sn]([CH2]C)([CH2]CCC)[CH](CC)CCC. The fraction of sp³-hybridized carbons (Fsp3) is 1.00. The fourth-order valence-electron chi connectivity index (χ4n) is 3.52. The number of unbranched alkanes of at least 4 members (excludes halogenated alkanes) is 2. The topological polar surface area (TPSA) is 0 Å². The Bertz CT molecular complexity index is 157. The second kappa shape index (κ2) is 10.7. The second-order valence-electron chi connectivity index (χ2n) is 5.82. The molecule has 0 rings (SSSR count). The molecule has 0 N–H and O–H groups in total. The summed E-state index contributed by atoms with van der Waals surface area (Å²) in [4.78, 5) is 0. The Labute approximate surface area is 115 Å². The molecule has 0 aliphatic heterocycles. The van der Waals surface area contributed by atoms with E-state index >= 15 is 0 Å². The molecule has 0 aromatic heterocycles. The normalized spacial score (nSPS) is 13.9. The van der Waals surface area contributed by atoms with Crippen LogP contribution in [0.2, 0.25) is 17.2 Å². The van der Waals surface area contributed by atoms with Crippen molar-refractivity contribution in [1.82, 2.24) is 0 Å². The van der Waals surface area contributed by atoms with Crippen molar-refractivity contribution in [1.29, 1.82) is 0 Å². The van der Waals surface area contributed by atoms with Crippen LogP contribution in [0.5, 0.6) is 0 Å². The van der Waals surface area contributed by atoms with Crippen molar-refractivity contribution in [3.8, 4) is 0 Å². The molecule has 0 aliphatic rings. The van der Waals surface area contributed by atoms with Crippen LogP contribution in [-0.2, 0) is 0 Å². The van der Waals surface area contributed by atoms with E-state index < -0.39 is 18.4 Å². The predicted octanol–water partition coefficient (Wildman–Crippen LogP) is 6.64. The van der Waals surface area contributed by atoms with E-state index in [1.807, 2.05) is 0 Å². The molecule has 0 saturated carbocycles. The Balaban J connectivity index is 4.71. The first-order chi connectivity index (χ1) is 8.20. The van der Waals surface area contributed by atoms with E-state index in [4.69, 9.17) is 0 Å². The van der Waals surface area contributed by atoms with E-state index in [1.54, 1.807) is 13.3 Å². The zero-order valence-electron chi connectivity index (χ0n) is 13.1. The van der Waals surface area contributed by atoms with Gasteiger partial charge in [-0.05, 0) is 0 Å². The van der Waals surface area contributed by atoms with E-state index in [0.717, 1.165) is 0 Å². The van der Waals surface area contributed by atoms with Crippen molar-refractivity contribution in [3.63, 3.8) is 0 Å². The minimum absolute atomic E-state index is 1.18. The van der Waals surface area contributed by atoms with Crippen molar-refractivity contribution in [2.75, 3.05) is 0 Å². The van der Waals surface area contributed by atoms with Gasteiger partial charge in [0.05, 0.1) is 0 Å². The van der Waals surface area contributed by atoms with Gasteiger partial charge >= 0.3 is 115 Å². The van der Waals surface area contributed by atoms with Gasteiger partial charge in [-0.2, -0.15) is 0 Å². The van der Waals surface area contributed by atoms with Crippen LogP contribution < -0.4 is 0 Å². The Hall–Kier alpha value is 0.799. The maximum atomic E-state index is 2.53. The summed E-state index contributed by atoms with van der Waals surface area (Å²) in [7, 11) is 0. The van der Waals surface area contributed by atoms with Crippen LogP contribution in [0.3, 0.4) is 0 Å². The first-order valence-electron chi connectivity index (χ1n) is 8.20. The van der Waals surface area contributed by atoms with E-state index in [1.165, 1.54) is 48.9 Å². The quantitative estimate of drug-likeness (QED) is 0.368. The molecule has 0 radical (unpaired) electrons. The average molecular weight is 347 g/mol. The molecule has 0 aromatic carbocycles. The van der Waals surface area contributed by atoms with Gasteiger partial charge in [-0.15, -0.1) is 0 Å². The number of rotatable bonds is 11. The molecule has 0 spiro atoms. The van der Waals surface area contributed by atoms with Crippen molar-refractivity contribution >= 4 is 18.4 Å². The molecule has 1 heteroatoms. The molecule has 0 fully saturated rings. The minimum atomic E-state index is -1.79. The third-order valence-electron chi connectivity index (χ3n) is 4.76. The molecular weight excluding hydrogens is 311 g/mol. The van der Waals surface area contributed by atoms with E-state index in [9.17, 15) is 0 Å². The van der Waals surface area contributed by atoms with Crippen molar-refractivity contribution < 1.29 is 0 Å². The fourth-order valence-corrected chi connectivity index (χ4v) is 21.3. The van der Waals surface area contributed by atoms with Gasteiger partial charge in [0.25, 0.3) is 0 Å². The molecule has 1 atom stereocenters. The summed E-state index contributed by atoms with van der Waals surface area (Å²) in [6.07, 6.45) is 10.3. The van der Waals surface area contributed by atoms with Crippen LogP contribution in [0.25, 0.3) is 0 Å². The Morgan fingerprint density at radius 1 is 0.765 bits per heavy atom. The summed E-state index contributed by atoms with van der Waals surface area (Å²) < 4.78 is 6.14. The summed E-state index contributed by atoms with van der Waals surface area (Å²) in [5.41, 5.74) is 0. The summed E-state index contributed by atoms with van der Waals surface area (Å²) in [5, 5.41) is 0. The Kier molecular flexibility index (Phi) is 11.2. The molecule has 0 aliphatic carbocycles. The van der Waals surface area contributed by atoms with Gasteiger partial charge in [0.15, 0.2) is 0 Å². The van der Waals surface area contributed by atoms with Crippen LogP contribution >= 0.6 is 0 Å². The van der Waals surface area contributed by atoms with Crippen molar-refractivity contribution in [2.45, 2.75) is 96.8 Å². The maximum absolute atomic E-state index is 2.53. The zero-order chi connectivity index (χ0) is 13.1. The predicted molar refractivity (Wildman–Crippen MR) is 84.6 cm³/mol. The number of hydrogen-bond donors (Lipinski definition) is 0. The van der Waals surface area contributed by atoms with Crippen LogP contribution in [-0.4, -0.2) is 18.4 Å². The zero-order valence-corrected chi connectivity index (χ0v) is 16.0. The third-order valence-corrected chi connectivity index (χ3v) is 23.4. The Morgan fingerprint density at radius 2 is 1.29 bits per heavy atom. The molecule has 0 bridgehead atoms. The summed E-state index contributed by atoms with van der Waals surface area (Å²) in [6, 6.07) is 0. The van der Waals surface area contributed by atoms with E-state index in [2.05, 4.69) is 34.6 Å². The van der Waals surface area contributed by atoms with Gasteiger partial charge in [-0.1, -0.05) is 0 Å². The summed E-state index contributed by atoms with van der Waals surface area (Å²) in [6.45, 7) is 12.1. The van der Waals surface area contributed by atoms with Gasteiger partial charge in [-0.3, -0.25) is 0 Å². The van der Waals surface area contributed by atoms with Crippen LogP contribution in [0, 0.1) is 0 Å². The van der Waals surface area contributed by atoms with Crippen molar-refractivity contribution in [2.24, 2.45) is 0 Å².